The molecule has 1 aromatic carbocycles. The van der Waals surface area contributed by atoms with Crippen LogP contribution < -0.4 is 10.3 Å². The van der Waals surface area contributed by atoms with E-state index in [1.54, 1.807) is 36.4 Å². The van der Waals surface area contributed by atoms with Crippen LogP contribution in [-0.2, 0) is 17.8 Å². The predicted octanol–water partition coefficient (Wildman–Crippen LogP) is 2.95. The Hall–Kier alpha value is -3.12. The second kappa shape index (κ2) is 7.48. The zero-order valence-corrected chi connectivity index (χ0v) is 16.0. The smallest absolute Gasteiger partial charge is 0.263 e. The SMILES string of the molecule is COc1ccccc1C=CC(=O)N1CCc2nc3ccc(Cl)cn3c(=O)c2C1. The number of pyridine rings is 1. The second-order valence-electron chi connectivity index (χ2n) is 6.50. The van der Waals surface area contributed by atoms with Gasteiger partial charge in [-0.3, -0.25) is 14.0 Å². The fourth-order valence-electron chi connectivity index (χ4n) is 3.33. The van der Waals surface area contributed by atoms with Crippen molar-refractivity contribution in [1.82, 2.24) is 14.3 Å². The molecule has 28 heavy (non-hydrogen) atoms. The summed E-state index contributed by atoms with van der Waals surface area (Å²) in [6.07, 6.45) is 5.32. The molecule has 0 radical (unpaired) electrons. The molecule has 0 saturated carbocycles. The Bertz CT molecular complexity index is 1150. The van der Waals surface area contributed by atoms with Crippen LogP contribution in [0.2, 0.25) is 5.02 Å². The number of fused-ring (bicyclic) bond motifs is 2. The van der Waals surface area contributed by atoms with Crippen molar-refractivity contribution in [3.63, 3.8) is 0 Å². The number of halogens is 1. The highest BCUT2D eigenvalue weighted by molar-refractivity contribution is 6.30. The van der Waals surface area contributed by atoms with Gasteiger partial charge in [0.25, 0.3) is 5.56 Å². The van der Waals surface area contributed by atoms with E-state index in [9.17, 15) is 9.59 Å². The molecule has 1 aliphatic heterocycles. The molecule has 0 spiro atoms. The average molecular weight is 396 g/mol. The summed E-state index contributed by atoms with van der Waals surface area (Å²) < 4.78 is 6.73. The number of ether oxygens (including phenoxy) is 1. The number of amides is 1. The second-order valence-corrected chi connectivity index (χ2v) is 6.94. The molecule has 3 heterocycles. The molecule has 2 aromatic heterocycles. The van der Waals surface area contributed by atoms with Gasteiger partial charge in [-0.2, -0.15) is 0 Å². The minimum atomic E-state index is -0.186. The van der Waals surface area contributed by atoms with Crippen LogP contribution in [-0.4, -0.2) is 33.8 Å². The number of carbonyl (C=O) groups is 1. The fraction of sp³-hybridized carbons (Fsp3) is 0.190. The van der Waals surface area contributed by atoms with Crippen LogP contribution in [0.3, 0.4) is 0 Å². The summed E-state index contributed by atoms with van der Waals surface area (Å²) in [4.78, 5) is 31.7. The maximum absolute atomic E-state index is 12.8. The van der Waals surface area contributed by atoms with Crippen molar-refractivity contribution in [1.29, 1.82) is 0 Å². The number of hydrogen-bond donors (Lipinski definition) is 0. The van der Waals surface area contributed by atoms with Crippen molar-refractivity contribution >= 4 is 29.2 Å². The normalized spacial score (nSPS) is 13.7. The van der Waals surface area contributed by atoms with Crippen LogP contribution in [0, 0.1) is 0 Å². The van der Waals surface area contributed by atoms with Gasteiger partial charge in [-0.05, 0) is 24.3 Å². The van der Waals surface area contributed by atoms with Gasteiger partial charge in [-0.25, -0.2) is 4.98 Å². The van der Waals surface area contributed by atoms with Gasteiger partial charge >= 0.3 is 0 Å². The van der Waals surface area contributed by atoms with Gasteiger partial charge in [0.15, 0.2) is 0 Å². The van der Waals surface area contributed by atoms with Gasteiger partial charge in [-0.1, -0.05) is 29.8 Å². The molecule has 0 unspecified atom stereocenters. The lowest BCUT2D eigenvalue weighted by atomic mass is 10.1. The van der Waals surface area contributed by atoms with E-state index in [1.165, 1.54) is 10.5 Å². The first-order valence-corrected chi connectivity index (χ1v) is 9.24. The van der Waals surface area contributed by atoms with E-state index in [0.717, 1.165) is 11.3 Å². The van der Waals surface area contributed by atoms with Gasteiger partial charge in [0.1, 0.15) is 11.4 Å². The number of methoxy groups -OCH3 is 1. The van der Waals surface area contributed by atoms with Crippen molar-refractivity contribution in [3.8, 4) is 5.75 Å². The number of aromatic nitrogens is 2. The first-order valence-electron chi connectivity index (χ1n) is 8.86. The van der Waals surface area contributed by atoms with Crippen LogP contribution in [0.25, 0.3) is 11.7 Å². The zero-order chi connectivity index (χ0) is 19.7. The number of carbonyl (C=O) groups excluding carboxylic acids is 1. The van der Waals surface area contributed by atoms with Crippen molar-refractivity contribution in [2.75, 3.05) is 13.7 Å². The quantitative estimate of drug-likeness (QED) is 0.639. The molecule has 0 bridgehead atoms. The minimum absolute atomic E-state index is 0.160. The van der Waals surface area contributed by atoms with Gasteiger partial charge < -0.3 is 9.64 Å². The van der Waals surface area contributed by atoms with Crippen LogP contribution in [0.1, 0.15) is 16.8 Å². The van der Waals surface area contributed by atoms with Crippen LogP contribution >= 0.6 is 11.6 Å². The topological polar surface area (TPSA) is 63.9 Å². The number of hydrogen-bond acceptors (Lipinski definition) is 4. The van der Waals surface area contributed by atoms with Crippen molar-refractivity contribution in [2.45, 2.75) is 13.0 Å². The molecule has 4 rings (SSSR count). The molecule has 3 aromatic rings. The van der Waals surface area contributed by atoms with Crippen molar-refractivity contribution in [3.05, 3.63) is 80.9 Å². The summed E-state index contributed by atoms with van der Waals surface area (Å²) >= 11 is 6.01. The van der Waals surface area contributed by atoms with Gasteiger partial charge in [-0.15, -0.1) is 0 Å². The number of rotatable bonds is 3. The molecular weight excluding hydrogens is 378 g/mol. The molecule has 0 aliphatic carbocycles. The summed E-state index contributed by atoms with van der Waals surface area (Å²) in [5.74, 6) is 0.536. The van der Waals surface area contributed by atoms with Crippen LogP contribution in [0.5, 0.6) is 5.75 Å². The van der Waals surface area contributed by atoms with E-state index in [-0.39, 0.29) is 18.0 Å². The summed E-state index contributed by atoms with van der Waals surface area (Å²) in [6, 6.07) is 10.9. The van der Waals surface area contributed by atoms with Crippen LogP contribution in [0.15, 0.2) is 53.5 Å². The first-order chi connectivity index (χ1) is 13.6. The van der Waals surface area contributed by atoms with Crippen molar-refractivity contribution < 1.29 is 9.53 Å². The minimum Gasteiger partial charge on any atom is -0.496 e. The molecule has 0 fully saturated rings. The third-order valence-electron chi connectivity index (χ3n) is 4.79. The molecule has 0 atom stereocenters. The molecule has 142 valence electrons. The van der Waals surface area contributed by atoms with E-state index in [1.807, 2.05) is 24.3 Å². The Morgan fingerprint density at radius 1 is 1.25 bits per heavy atom. The first kappa shape index (κ1) is 18.3. The van der Waals surface area contributed by atoms with Gasteiger partial charge in [0, 0.05) is 30.8 Å². The lowest BCUT2D eigenvalue weighted by molar-refractivity contribution is -0.126. The zero-order valence-electron chi connectivity index (χ0n) is 15.3. The van der Waals surface area contributed by atoms with E-state index < -0.39 is 0 Å². The number of nitrogens with zero attached hydrogens (tertiary/aromatic N) is 3. The Morgan fingerprint density at radius 2 is 2.07 bits per heavy atom. The van der Waals surface area contributed by atoms with E-state index in [0.29, 0.717) is 34.9 Å². The molecule has 0 saturated heterocycles. The van der Waals surface area contributed by atoms with Gasteiger partial charge in [0.2, 0.25) is 5.91 Å². The summed E-state index contributed by atoms with van der Waals surface area (Å²) in [5.41, 5.74) is 2.46. The average Bonchev–Trinajstić information content (AvgIpc) is 2.72. The third-order valence-corrected chi connectivity index (χ3v) is 5.01. The van der Waals surface area contributed by atoms with Crippen LogP contribution in [0.4, 0.5) is 0 Å². The Morgan fingerprint density at radius 3 is 2.89 bits per heavy atom. The predicted molar refractivity (Wildman–Crippen MR) is 108 cm³/mol. The van der Waals surface area contributed by atoms with Crippen molar-refractivity contribution in [2.24, 2.45) is 0 Å². The highest BCUT2D eigenvalue weighted by atomic mass is 35.5. The molecular formula is C21H18ClN3O3. The fourth-order valence-corrected chi connectivity index (χ4v) is 3.49. The molecule has 0 N–H and O–H groups in total. The van der Waals surface area contributed by atoms with E-state index >= 15 is 0 Å². The van der Waals surface area contributed by atoms with E-state index in [2.05, 4.69) is 4.98 Å². The molecule has 6 nitrogen and oxygen atoms in total. The summed E-state index contributed by atoms with van der Waals surface area (Å²) in [7, 11) is 1.59. The maximum Gasteiger partial charge on any atom is 0.263 e. The number of benzene rings is 1. The highest BCUT2D eigenvalue weighted by Crippen LogP contribution is 2.20. The Kier molecular flexibility index (Phi) is 4.88. The molecule has 7 heteroatoms. The highest BCUT2D eigenvalue weighted by Gasteiger charge is 2.24. The van der Waals surface area contributed by atoms with E-state index in [4.69, 9.17) is 16.3 Å². The molecule has 1 amide bonds. The lowest BCUT2D eigenvalue weighted by Gasteiger charge is -2.27. The van der Waals surface area contributed by atoms with Gasteiger partial charge in [0.05, 0.1) is 29.9 Å². The Balaban J connectivity index is 1.60. The Labute approximate surface area is 166 Å². The lowest BCUT2D eigenvalue weighted by Crippen LogP contribution is -2.39. The third kappa shape index (κ3) is 3.39. The largest absolute Gasteiger partial charge is 0.496 e. The maximum atomic E-state index is 12.8. The number of para-hydroxylation sites is 1. The summed E-state index contributed by atoms with van der Waals surface area (Å²) in [5, 5.41) is 0.458. The molecule has 1 aliphatic rings. The standard InChI is InChI=1S/C21H18ClN3O3/c1-28-18-5-3-2-4-14(18)6-9-20(26)24-11-10-17-16(13-24)21(27)25-12-15(22)7-8-19(25)23-17/h2-9,12H,10-11,13H2,1H3. The monoisotopic (exact) mass is 395 g/mol. The summed E-state index contributed by atoms with van der Waals surface area (Å²) in [6.45, 7) is 0.740.